The maximum Gasteiger partial charge on any atom is 0.271 e. The van der Waals surface area contributed by atoms with Crippen LogP contribution in [0.5, 0.6) is 23.0 Å². The molecule has 0 fully saturated rings. The third kappa shape index (κ3) is 5.76. The molecule has 0 aliphatic carbocycles. The highest BCUT2D eigenvalue weighted by molar-refractivity contribution is 5.95. The maximum absolute atomic E-state index is 12.3. The Labute approximate surface area is 181 Å². The smallest absolute Gasteiger partial charge is 0.271 e. The third-order valence-electron chi connectivity index (χ3n) is 4.43. The van der Waals surface area contributed by atoms with E-state index in [1.807, 2.05) is 30.3 Å². The largest absolute Gasteiger partial charge is 0.493 e. The van der Waals surface area contributed by atoms with E-state index < -0.39 is 0 Å². The van der Waals surface area contributed by atoms with Crippen LogP contribution in [0, 0.1) is 0 Å². The number of benzene rings is 3. The first-order valence-electron chi connectivity index (χ1n) is 9.54. The summed E-state index contributed by atoms with van der Waals surface area (Å²) in [7, 11) is 4.60. The third-order valence-corrected chi connectivity index (χ3v) is 4.43. The fraction of sp³-hybridized carbons (Fsp3) is 0.167. The van der Waals surface area contributed by atoms with Gasteiger partial charge in [-0.1, -0.05) is 30.3 Å². The highest BCUT2D eigenvalue weighted by atomic mass is 16.5. The minimum Gasteiger partial charge on any atom is -0.493 e. The van der Waals surface area contributed by atoms with Crippen LogP contribution in [0.3, 0.4) is 0 Å². The molecule has 7 heteroatoms. The number of nitrogens with one attached hydrogen (secondary N) is 1. The Hall–Kier alpha value is -4.00. The van der Waals surface area contributed by atoms with Crippen molar-refractivity contribution < 1.29 is 23.7 Å². The predicted octanol–water partition coefficient (Wildman–Crippen LogP) is 4.06. The van der Waals surface area contributed by atoms with Gasteiger partial charge in [-0.15, -0.1) is 0 Å². The Morgan fingerprint density at radius 2 is 1.55 bits per heavy atom. The average Bonchev–Trinajstić information content (AvgIpc) is 2.82. The van der Waals surface area contributed by atoms with E-state index in [1.54, 1.807) is 36.4 Å². The van der Waals surface area contributed by atoms with Crippen molar-refractivity contribution in [1.29, 1.82) is 0 Å². The lowest BCUT2D eigenvalue weighted by atomic mass is 10.2. The molecule has 0 aliphatic rings. The number of rotatable bonds is 9. The molecule has 0 unspecified atom stereocenters. The molecule has 31 heavy (non-hydrogen) atoms. The van der Waals surface area contributed by atoms with Gasteiger partial charge in [0.05, 0.1) is 27.5 Å². The summed E-state index contributed by atoms with van der Waals surface area (Å²) in [6.07, 6.45) is 1.50. The number of methoxy groups -OCH3 is 3. The molecule has 0 atom stereocenters. The van der Waals surface area contributed by atoms with Crippen molar-refractivity contribution in [3.63, 3.8) is 0 Å². The van der Waals surface area contributed by atoms with Gasteiger partial charge >= 0.3 is 0 Å². The molecule has 0 bridgehead atoms. The molecular formula is C24H24N2O5. The number of carbonyl (C=O) groups excluding carboxylic acids is 1. The summed E-state index contributed by atoms with van der Waals surface area (Å²) in [5, 5.41) is 4.01. The van der Waals surface area contributed by atoms with E-state index in [0.717, 1.165) is 5.56 Å². The van der Waals surface area contributed by atoms with Gasteiger partial charge in [0.15, 0.2) is 11.5 Å². The second-order valence-electron chi connectivity index (χ2n) is 6.46. The molecule has 0 radical (unpaired) electrons. The van der Waals surface area contributed by atoms with Crippen LogP contribution >= 0.6 is 0 Å². The molecular weight excluding hydrogens is 396 g/mol. The van der Waals surface area contributed by atoms with Crippen molar-refractivity contribution in [3.8, 4) is 23.0 Å². The number of hydrogen-bond donors (Lipinski definition) is 1. The molecule has 0 heterocycles. The van der Waals surface area contributed by atoms with Gasteiger partial charge in [0.25, 0.3) is 5.91 Å². The quantitative estimate of drug-likeness (QED) is 0.417. The summed E-state index contributed by atoms with van der Waals surface area (Å²) < 4.78 is 21.6. The van der Waals surface area contributed by atoms with Crippen molar-refractivity contribution in [2.24, 2.45) is 5.10 Å². The minimum absolute atomic E-state index is 0.335. The Kier molecular flexibility index (Phi) is 7.48. The molecule has 7 nitrogen and oxygen atoms in total. The zero-order chi connectivity index (χ0) is 22.1. The second-order valence-corrected chi connectivity index (χ2v) is 6.46. The van der Waals surface area contributed by atoms with Crippen LogP contribution in [-0.4, -0.2) is 33.5 Å². The normalized spacial score (nSPS) is 10.5. The van der Waals surface area contributed by atoms with E-state index in [2.05, 4.69) is 10.5 Å². The van der Waals surface area contributed by atoms with E-state index in [0.29, 0.717) is 40.7 Å². The van der Waals surface area contributed by atoms with E-state index in [-0.39, 0.29) is 5.91 Å². The topological polar surface area (TPSA) is 78.4 Å². The number of carbonyl (C=O) groups is 1. The van der Waals surface area contributed by atoms with Gasteiger partial charge < -0.3 is 18.9 Å². The molecule has 3 aromatic carbocycles. The molecule has 0 spiro atoms. The second kappa shape index (κ2) is 10.7. The number of hydrogen-bond acceptors (Lipinski definition) is 6. The zero-order valence-corrected chi connectivity index (χ0v) is 17.6. The van der Waals surface area contributed by atoms with E-state index in [9.17, 15) is 4.79 Å². The van der Waals surface area contributed by atoms with Crippen LogP contribution < -0.4 is 24.4 Å². The monoisotopic (exact) mass is 420 g/mol. The van der Waals surface area contributed by atoms with Crippen LogP contribution in [-0.2, 0) is 6.61 Å². The van der Waals surface area contributed by atoms with Gasteiger partial charge in [0.1, 0.15) is 12.4 Å². The number of ether oxygens (including phenoxy) is 4. The number of hydrazone groups is 1. The zero-order valence-electron chi connectivity index (χ0n) is 17.6. The molecule has 0 aliphatic heterocycles. The van der Waals surface area contributed by atoms with Gasteiger partial charge in [0.2, 0.25) is 5.75 Å². The lowest BCUT2D eigenvalue weighted by molar-refractivity contribution is 0.0955. The van der Waals surface area contributed by atoms with Crippen LogP contribution in [0.25, 0.3) is 0 Å². The fourth-order valence-electron chi connectivity index (χ4n) is 2.85. The van der Waals surface area contributed by atoms with E-state index in [1.165, 1.54) is 27.5 Å². The van der Waals surface area contributed by atoms with E-state index in [4.69, 9.17) is 18.9 Å². The van der Waals surface area contributed by atoms with Crippen LogP contribution in [0.15, 0.2) is 71.8 Å². The lowest BCUT2D eigenvalue weighted by Crippen LogP contribution is -2.17. The molecule has 1 amide bonds. The van der Waals surface area contributed by atoms with Crippen LogP contribution in [0.1, 0.15) is 21.5 Å². The van der Waals surface area contributed by atoms with Crippen molar-refractivity contribution in [2.75, 3.05) is 21.3 Å². The first-order valence-corrected chi connectivity index (χ1v) is 9.54. The lowest BCUT2D eigenvalue weighted by Gasteiger charge is -2.12. The van der Waals surface area contributed by atoms with Gasteiger partial charge in [-0.05, 0) is 42.0 Å². The Bertz CT molecular complexity index is 1010. The Morgan fingerprint density at radius 1 is 0.903 bits per heavy atom. The van der Waals surface area contributed by atoms with Gasteiger partial charge in [-0.2, -0.15) is 5.10 Å². The highest BCUT2D eigenvalue weighted by Gasteiger charge is 2.12. The molecule has 1 N–H and O–H groups in total. The fourth-order valence-corrected chi connectivity index (χ4v) is 2.85. The minimum atomic E-state index is -0.335. The van der Waals surface area contributed by atoms with Crippen LogP contribution in [0.4, 0.5) is 0 Å². The molecule has 160 valence electrons. The first-order chi connectivity index (χ1) is 15.1. The Balaban J connectivity index is 1.59. The molecule has 0 saturated carbocycles. The summed E-state index contributed by atoms with van der Waals surface area (Å²) in [4.78, 5) is 12.3. The van der Waals surface area contributed by atoms with Crippen molar-refractivity contribution in [3.05, 3.63) is 83.4 Å². The summed E-state index contributed by atoms with van der Waals surface area (Å²) >= 11 is 0. The summed E-state index contributed by atoms with van der Waals surface area (Å²) in [6, 6.07) is 20.2. The van der Waals surface area contributed by atoms with Crippen molar-refractivity contribution in [2.45, 2.75) is 6.61 Å². The molecule has 0 saturated heterocycles. The first kappa shape index (κ1) is 21.7. The molecule has 3 aromatic rings. The van der Waals surface area contributed by atoms with Crippen molar-refractivity contribution >= 4 is 12.1 Å². The van der Waals surface area contributed by atoms with Gasteiger partial charge in [-0.3, -0.25) is 4.79 Å². The maximum atomic E-state index is 12.3. The van der Waals surface area contributed by atoms with Crippen LogP contribution in [0.2, 0.25) is 0 Å². The SMILES string of the molecule is COc1cc(/C=N/NC(=O)c2ccc(OCc3ccccc3)cc2)cc(OC)c1OC. The standard InChI is InChI=1S/C24H24N2O5/c1-28-21-13-18(14-22(29-2)23(21)30-3)15-25-26-24(27)19-9-11-20(12-10-19)31-16-17-7-5-4-6-8-17/h4-15H,16H2,1-3H3,(H,26,27)/b25-15+. The van der Waals surface area contributed by atoms with E-state index >= 15 is 0 Å². The predicted molar refractivity (Wildman–Crippen MR) is 118 cm³/mol. The number of nitrogens with zero attached hydrogens (tertiary/aromatic N) is 1. The summed E-state index contributed by atoms with van der Waals surface area (Å²) in [5.74, 6) is 1.84. The average molecular weight is 420 g/mol. The number of amides is 1. The van der Waals surface area contributed by atoms with Gasteiger partial charge in [-0.25, -0.2) is 5.43 Å². The van der Waals surface area contributed by atoms with Crippen molar-refractivity contribution in [1.82, 2.24) is 5.43 Å². The summed E-state index contributed by atoms with van der Waals surface area (Å²) in [5.41, 5.74) is 4.73. The molecule has 3 rings (SSSR count). The van der Waals surface area contributed by atoms with Gasteiger partial charge in [0, 0.05) is 11.1 Å². The Morgan fingerprint density at radius 3 is 2.13 bits per heavy atom. The summed E-state index contributed by atoms with van der Waals surface area (Å²) in [6.45, 7) is 0.464. The molecule has 0 aromatic heterocycles. The highest BCUT2D eigenvalue weighted by Crippen LogP contribution is 2.37.